The summed E-state index contributed by atoms with van der Waals surface area (Å²) in [6, 6.07) is 12.3. The molecule has 0 heterocycles. The van der Waals surface area contributed by atoms with Crippen LogP contribution in [0.2, 0.25) is 0 Å². The topological polar surface area (TPSA) is 90.8 Å². The van der Waals surface area contributed by atoms with E-state index in [9.17, 15) is 14.7 Å². The number of carboxylic acid groups (broad SMARTS) is 1. The highest BCUT2D eigenvalue weighted by atomic mass is 16.5. The number of ether oxygens (including phenoxy) is 1. The Morgan fingerprint density at radius 2 is 1.92 bits per heavy atom. The molecule has 2 aromatic rings. The maximum atomic E-state index is 12.2. The zero-order chi connectivity index (χ0) is 18.4. The first-order chi connectivity index (χ1) is 11.9. The second-order valence-corrected chi connectivity index (χ2v) is 5.53. The number of aliphatic carboxylic acids is 1. The molecule has 0 aliphatic carbocycles. The Balaban J connectivity index is 2.20. The van der Waals surface area contributed by atoms with Gasteiger partial charge in [-0.1, -0.05) is 18.2 Å². The number of nitrogens with one attached hydrogen (secondary N) is 1. The molecule has 6 heteroatoms. The van der Waals surface area contributed by atoms with E-state index >= 15 is 0 Å². The second kappa shape index (κ2) is 8.10. The van der Waals surface area contributed by atoms with Gasteiger partial charge >= 0.3 is 0 Å². The molecule has 0 saturated heterocycles. The molecule has 1 amide bonds. The highest BCUT2D eigenvalue weighted by molar-refractivity contribution is 6.01. The molecule has 0 atom stereocenters. The number of benzene rings is 2. The van der Waals surface area contributed by atoms with Crippen LogP contribution in [-0.2, 0) is 11.2 Å². The molecule has 25 heavy (non-hydrogen) atoms. The van der Waals surface area contributed by atoms with Crippen LogP contribution in [0.4, 0.5) is 0 Å². The minimum Gasteiger partial charge on any atom is -0.550 e. The van der Waals surface area contributed by atoms with Crippen LogP contribution in [0.15, 0.2) is 47.6 Å². The van der Waals surface area contributed by atoms with Crippen molar-refractivity contribution >= 4 is 17.6 Å². The lowest BCUT2D eigenvalue weighted by atomic mass is 10.0. The van der Waals surface area contributed by atoms with Crippen LogP contribution in [0.1, 0.15) is 34.0 Å². The summed E-state index contributed by atoms with van der Waals surface area (Å²) < 4.78 is 5.15. The Hall–Kier alpha value is -3.15. The van der Waals surface area contributed by atoms with Crippen molar-refractivity contribution in [2.75, 3.05) is 7.11 Å². The Morgan fingerprint density at radius 3 is 2.56 bits per heavy atom. The van der Waals surface area contributed by atoms with Crippen molar-refractivity contribution in [3.05, 3.63) is 64.7 Å². The molecular formula is C19H19N2O4-. The van der Waals surface area contributed by atoms with E-state index in [0.717, 1.165) is 5.56 Å². The third-order valence-corrected chi connectivity index (χ3v) is 3.75. The summed E-state index contributed by atoms with van der Waals surface area (Å²) >= 11 is 0. The van der Waals surface area contributed by atoms with Crippen LogP contribution in [0.3, 0.4) is 0 Å². The molecule has 0 fully saturated rings. The third-order valence-electron chi connectivity index (χ3n) is 3.75. The van der Waals surface area contributed by atoms with E-state index in [1.54, 1.807) is 37.3 Å². The van der Waals surface area contributed by atoms with E-state index in [2.05, 4.69) is 10.5 Å². The summed E-state index contributed by atoms with van der Waals surface area (Å²) in [6.07, 6.45) is -0.264. The molecule has 2 aromatic carbocycles. The van der Waals surface area contributed by atoms with Gasteiger partial charge in [0.15, 0.2) is 0 Å². The van der Waals surface area contributed by atoms with Gasteiger partial charge in [0.05, 0.1) is 12.8 Å². The van der Waals surface area contributed by atoms with Crippen LogP contribution < -0.4 is 15.3 Å². The molecule has 0 aliphatic rings. The normalized spacial score (nSPS) is 11.1. The SMILES string of the molecule is COc1ccc(/C(C)=N\NC(=O)c2ccccc2C)cc1CC(=O)[O-]. The van der Waals surface area contributed by atoms with Crippen LogP contribution in [0, 0.1) is 6.92 Å². The average molecular weight is 339 g/mol. The van der Waals surface area contributed by atoms with Crippen LogP contribution in [-0.4, -0.2) is 24.7 Å². The molecule has 0 spiro atoms. The number of carbonyl (C=O) groups excluding carboxylic acids is 2. The number of carboxylic acids is 1. The lowest BCUT2D eigenvalue weighted by molar-refractivity contribution is -0.304. The number of rotatable bonds is 6. The quantitative estimate of drug-likeness (QED) is 0.637. The van der Waals surface area contributed by atoms with E-state index in [0.29, 0.717) is 28.2 Å². The van der Waals surface area contributed by atoms with Gasteiger partial charge < -0.3 is 14.6 Å². The number of hydrazone groups is 1. The van der Waals surface area contributed by atoms with E-state index in [4.69, 9.17) is 4.74 Å². The van der Waals surface area contributed by atoms with Gasteiger partial charge in [-0.15, -0.1) is 0 Å². The standard InChI is InChI=1S/C19H20N2O4/c1-12-6-4-5-7-16(12)19(24)21-20-13(2)14-8-9-17(25-3)15(10-14)11-18(22)23/h4-10H,11H2,1-3H3,(H,21,24)(H,22,23)/p-1/b20-13-. The molecule has 0 unspecified atom stereocenters. The van der Waals surface area contributed by atoms with Crippen molar-refractivity contribution in [2.24, 2.45) is 5.10 Å². The summed E-state index contributed by atoms with van der Waals surface area (Å²) in [5, 5.41) is 15.0. The van der Waals surface area contributed by atoms with Crippen molar-refractivity contribution < 1.29 is 19.4 Å². The number of aryl methyl sites for hydroxylation is 1. The molecule has 0 aromatic heterocycles. The predicted octanol–water partition coefficient (Wildman–Crippen LogP) is 1.45. The van der Waals surface area contributed by atoms with E-state index in [-0.39, 0.29) is 12.3 Å². The molecule has 130 valence electrons. The molecular weight excluding hydrogens is 320 g/mol. The summed E-state index contributed by atoms with van der Waals surface area (Å²) in [7, 11) is 1.47. The summed E-state index contributed by atoms with van der Waals surface area (Å²) in [5.74, 6) is -1.04. The predicted molar refractivity (Wildman–Crippen MR) is 92.6 cm³/mol. The fourth-order valence-electron chi connectivity index (χ4n) is 2.38. The van der Waals surface area contributed by atoms with Gasteiger partial charge in [-0.3, -0.25) is 4.79 Å². The maximum absolute atomic E-state index is 12.2. The molecule has 0 aliphatic heterocycles. The number of methoxy groups -OCH3 is 1. The fourth-order valence-corrected chi connectivity index (χ4v) is 2.38. The summed E-state index contributed by atoms with van der Waals surface area (Å²) in [6.45, 7) is 3.57. The highest BCUT2D eigenvalue weighted by Gasteiger charge is 2.09. The maximum Gasteiger partial charge on any atom is 0.271 e. The zero-order valence-electron chi connectivity index (χ0n) is 14.3. The van der Waals surface area contributed by atoms with Crippen molar-refractivity contribution in [3.63, 3.8) is 0 Å². The summed E-state index contributed by atoms with van der Waals surface area (Å²) in [4.78, 5) is 23.1. The number of hydrogen-bond acceptors (Lipinski definition) is 5. The second-order valence-electron chi connectivity index (χ2n) is 5.53. The van der Waals surface area contributed by atoms with Gasteiger partial charge in [0.1, 0.15) is 5.75 Å². The van der Waals surface area contributed by atoms with Crippen LogP contribution >= 0.6 is 0 Å². The number of nitrogens with zero attached hydrogens (tertiary/aromatic N) is 1. The van der Waals surface area contributed by atoms with Crippen molar-refractivity contribution in [2.45, 2.75) is 20.3 Å². The Labute approximate surface area is 146 Å². The van der Waals surface area contributed by atoms with Gasteiger partial charge in [0, 0.05) is 23.5 Å². The van der Waals surface area contributed by atoms with Crippen molar-refractivity contribution in [1.82, 2.24) is 5.43 Å². The highest BCUT2D eigenvalue weighted by Crippen LogP contribution is 2.20. The van der Waals surface area contributed by atoms with Gasteiger partial charge in [0.2, 0.25) is 0 Å². The third kappa shape index (κ3) is 4.67. The number of amides is 1. The first kappa shape index (κ1) is 18.2. The van der Waals surface area contributed by atoms with Gasteiger partial charge in [-0.05, 0) is 49.2 Å². The largest absolute Gasteiger partial charge is 0.550 e. The summed E-state index contributed by atoms with van der Waals surface area (Å²) in [5.41, 5.74) is 5.63. The fraction of sp³-hybridized carbons (Fsp3) is 0.211. The Bertz CT molecular complexity index is 828. The minimum atomic E-state index is -1.20. The number of hydrogen-bond donors (Lipinski definition) is 1. The van der Waals surface area contributed by atoms with Gasteiger partial charge in [-0.2, -0.15) is 5.10 Å². The van der Waals surface area contributed by atoms with Crippen molar-refractivity contribution in [1.29, 1.82) is 0 Å². The number of carbonyl (C=O) groups is 2. The molecule has 0 bridgehead atoms. The van der Waals surface area contributed by atoms with Gasteiger partial charge in [-0.25, -0.2) is 5.43 Å². The monoisotopic (exact) mass is 339 g/mol. The first-order valence-electron chi connectivity index (χ1n) is 7.69. The molecule has 1 N–H and O–H groups in total. The van der Waals surface area contributed by atoms with Crippen LogP contribution in [0.5, 0.6) is 5.75 Å². The molecule has 2 rings (SSSR count). The van der Waals surface area contributed by atoms with E-state index in [1.165, 1.54) is 7.11 Å². The molecule has 0 saturated carbocycles. The minimum absolute atomic E-state index is 0.264. The van der Waals surface area contributed by atoms with E-state index in [1.807, 2.05) is 19.1 Å². The Kier molecular flexibility index (Phi) is 5.89. The van der Waals surface area contributed by atoms with Crippen LogP contribution in [0.25, 0.3) is 0 Å². The lowest BCUT2D eigenvalue weighted by Gasteiger charge is -2.11. The smallest absolute Gasteiger partial charge is 0.271 e. The molecule has 0 radical (unpaired) electrons. The van der Waals surface area contributed by atoms with E-state index < -0.39 is 5.97 Å². The molecule has 6 nitrogen and oxygen atoms in total. The van der Waals surface area contributed by atoms with Gasteiger partial charge in [0.25, 0.3) is 5.91 Å². The van der Waals surface area contributed by atoms with Crippen molar-refractivity contribution in [3.8, 4) is 5.75 Å². The Morgan fingerprint density at radius 1 is 1.20 bits per heavy atom. The zero-order valence-corrected chi connectivity index (χ0v) is 14.3. The lowest BCUT2D eigenvalue weighted by Crippen LogP contribution is -2.24. The average Bonchev–Trinajstić information content (AvgIpc) is 2.59. The first-order valence-corrected chi connectivity index (χ1v) is 7.69.